The van der Waals surface area contributed by atoms with E-state index >= 15 is 0 Å². The van der Waals surface area contributed by atoms with E-state index in [1.54, 1.807) is 0 Å². The third-order valence-corrected chi connectivity index (χ3v) is 4.71. The highest BCUT2D eigenvalue weighted by Gasteiger charge is 2.24. The van der Waals surface area contributed by atoms with Gasteiger partial charge in [0.1, 0.15) is 6.04 Å². The molecule has 0 saturated carbocycles. The molecule has 1 aromatic rings. The Bertz CT molecular complexity index is 530. The predicted octanol–water partition coefficient (Wildman–Crippen LogP) is 1.82. The molecule has 1 atom stereocenters. The van der Waals surface area contributed by atoms with Crippen molar-refractivity contribution in [3.63, 3.8) is 0 Å². The van der Waals surface area contributed by atoms with Crippen molar-refractivity contribution in [3.05, 3.63) is 29.3 Å². The van der Waals surface area contributed by atoms with Crippen molar-refractivity contribution < 1.29 is 18.3 Å². The molecule has 5 nitrogen and oxygen atoms in total. The molecule has 0 aliphatic heterocycles. The van der Waals surface area contributed by atoms with E-state index in [2.05, 4.69) is 4.72 Å². The fourth-order valence-electron chi connectivity index (χ4n) is 1.34. The number of hydrogen-bond donors (Lipinski definition) is 2. The summed E-state index contributed by atoms with van der Waals surface area (Å²) in [6.45, 7) is 0. The van der Waals surface area contributed by atoms with E-state index < -0.39 is 22.0 Å². The zero-order valence-corrected chi connectivity index (χ0v) is 12.6. The van der Waals surface area contributed by atoms with E-state index in [1.807, 2.05) is 6.26 Å². The van der Waals surface area contributed by atoms with Crippen LogP contribution in [0.4, 0.5) is 0 Å². The van der Waals surface area contributed by atoms with Crippen LogP contribution in [0, 0.1) is 0 Å². The Hall–Kier alpha value is -0.760. The Kier molecular flexibility index (Phi) is 6.12. The van der Waals surface area contributed by atoms with Crippen molar-refractivity contribution in [2.75, 3.05) is 12.0 Å². The molecular formula is C11H14ClNO4S2. The molecule has 0 aliphatic rings. The summed E-state index contributed by atoms with van der Waals surface area (Å²) in [7, 11) is -3.85. The van der Waals surface area contributed by atoms with Gasteiger partial charge in [-0.25, -0.2) is 8.42 Å². The lowest BCUT2D eigenvalue weighted by Crippen LogP contribution is -2.41. The lowest BCUT2D eigenvalue weighted by molar-refractivity contribution is -0.139. The average molecular weight is 324 g/mol. The molecule has 19 heavy (non-hydrogen) atoms. The number of carbonyl (C=O) groups is 1. The number of sulfonamides is 1. The second-order valence-corrected chi connectivity index (χ2v) is 6.88. The maximum Gasteiger partial charge on any atom is 0.321 e. The SMILES string of the molecule is CSCC[C@@H](NS(=O)(=O)c1ccc(Cl)cc1)C(=O)O. The molecule has 2 N–H and O–H groups in total. The van der Waals surface area contributed by atoms with E-state index in [1.165, 1.54) is 36.0 Å². The normalized spacial score (nSPS) is 13.2. The number of hydrogen-bond acceptors (Lipinski definition) is 4. The van der Waals surface area contributed by atoms with Crippen LogP contribution in [0.15, 0.2) is 29.2 Å². The topological polar surface area (TPSA) is 83.5 Å². The molecule has 0 spiro atoms. The van der Waals surface area contributed by atoms with Gasteiger partial charge < -0.3 is 5.11 Å². The summed E-state index contributed by atoms with van der Waals surface area (Å²) in [6, 6.07) is 4.41. The lowest BCUT2D eigenvalue weighted by Gasteiger charge is -2.14. The fraction of sp³-hybridized carbons (Fsp3) is 0.364. The van der Waals surface area contributed by atoms with Crippen LogP contribution in [0.3, 0.4) is 0 Å². The van der Waals surface area contributed by atoms with Gasteiger partial charge in [-0.1, -0.05) is 11.6 Å². The number of aliphatic carboxylic acids is 1. The molecule has 0 fully saturated rings. The first kappa shape index (κ1) is 16.3. The van der Waals surface area contributed by atoms with Crippen LogP contribution in [0.2, 0.25) is 5.02 Å². The summed E-state index contributed by atoms with van der Waals surface area (Å²) in [5.74, 6) is -0.633. The summed E-state index contributed by atoms with van der Waals surface area (Å²) < 4.78 is 26.2. The van der Waals surface area contributed by atoms with Crippen LogP contribution in [0.5, 0.6) is 0 Å². The van der Waals surface area contributed by atoms with Crippen LogP contribution >= 0.6 is 23.4 Å². The van der Waals surface area contributed by atoms with E-state index in [0.29, 0.717) is 10.8 Å². The average Bonchev–Trinajstić information content (AvgIpc) is 2.34. The van der Waals surface area contributed by atoms with Gasteiger partial charge in [-0.3, -0.25) is 4.79 Å². The zero-order valence-electron chi connectivity index (χ0n) is 10.2. The van der Waals surface area contributed by atoms with E-state index in [4.69, 9.17) is 16.7 Å². The number of nitrogens with one attached hydrogen (secondary N) is 1. The quantitative estimate of drug-likeness (QED) is 0.799. The van der Waals surface area contributed by atoms with E-state index in [-0.39, 0.29) is 11.3 Å². The second kappa shape index (κ2) is 7.14. The molecule has 0 unspecified atom stereocenters. The van der Waals surface area contributed by atoms with Crippen molar-refractivity contribution in [1.29, 1.82) is 0 Å². The number of carboxylic acid groups (broad SMARTS) is 1. The van der Waals surface area contributed by atoms with Crippen LogP contribution in [0.25, 0.3) is 0 Å². The molecule has 0 aliphatic carbocycles. The number of rotatable bonds is 7. The van der Waals surface area contributed by atoms with Crippen LogP contribution < -0.4 is 4.72 Å². The molecular weight excluding hydrogens is 310 g/mol. The Morgan fingerprint density at radius 1 is 1.42 bits per heavy atom. The van der Waals surface area contributed by atoms with E-state index in [9.17, 15) is 13.2 Å². The van der Waals surface area contributed by atoms with Gasteiger partial charge in [-0.15, -0.1) is 0 Å². The Balaban J connectivity index is 2.87. The minimum Gasteiger partial charge on any atom is -0.480 e. The summed E-state index contributed by atoms with van der Waals surface area (Å²) in [5, 5.41) is 9.41. The monoisotopic (exact) mass is 323 g/mol. The van der Waals surface area contributed by atoms with Crippen molar-refractivity contribution in [2.45, 2.75) is 17.4 Å². The third-order valence-electron chi connectivity index (χ3n) is 2.33. The molecule has 0 aromatic heterocycles. The third kappa shape index (κ3) is 5.02. The first-order chi connectivity index (χ1) is 8.86. The zero-order chi connectivity index (χ0) is 14.5. The van der Waals surface area contributed by atoms with Crippen LogP contribution in [-0.2, 0) is 14.8 Å². The highest BCUT2D eigenvalue weighted by molar-refractivity contribution is 7.98. The Labute approximate surface area is 121 Å². The summed E-state index contributed by atoms with van der Waals surface area (Å²) in [4.78, 5) is 11.0. The van der Waals surface area contributed by atoms with Gasteiger partial charge >= 0.3 is 5.97 Å². The van der Waals surface area contributed by atoms with Crippen molar-refractivity contribution in [2.24, 2.45) is 0 Å². The molecule has 1 rings (SSSR count). The first-order valence-electron chi connectivity index (χ1n) is 5.36. The second-order valence-electron chi connectivity index (χ2n) is 3.75. The van der Waals surface area contributed by atoms with Crippen molar-refractivity contribution in [1.82, 2.24) is 4.72 Å². The number of carboxylic acids is 1. The minimum absolute atomic E-state index is 0.00713. The van der Waals surface area contributed by atoms with Crippen molar-refractivity contribution in [3.8, 4) is 0 Å². The van der Waals surface area contributed by atoms with Crippen molar-refractivity contribution >= 4 is 39.4 Å². The number of halogens is 1. The van der Waals surface area contributed by atoms with Gasteiger partial charge in [0.05, 0.1) is 4.90 Å². The summed E-state index contributed by atoms with van der Waals surface area (Å²) in [6.07, 6.45) is 2.05. The van der Waals surface area contributed by atoms with Gasteiger partial charge in [0.15, 0.2) is 0 Å². The molecule has 8 heteroatoms. The number of benzene rings is 1. The van der Waals surface area contributed by atoms with Gasteiger partial charge in [0, 0.05) is 5.02 Å². The molecule has 0 saturated heterocycles. The summed E-state index contributed by atoms with van der Waals surface area (Å²) >= 11 is 7.13. The Morgan fingerprint density at radius 2 is 2.00 bits per heavy atom. The minimum atomic E-state index is -3.85. The highest BCUT2D eigenvalue weighted by Crippen LogP contribution is 2.15. The molecule has 0 amide bonds. The maximum absolute atomic E-state index is 12.0. The van der Waals surface area contributed by atoms with Gasteiger partial charge in [0.2, 0.25) is 10.0 Å². The standard InChI is InChI=1S/C11H14ClNO4S2/c1-18-7-6-10(11(14)15)13-19(16,17)9-4-2-8(12)3-5-9/h2-5,10,13H,6-7H2,1H3,(H,14,15)/t10-/m1/s1. The Morgan fingerprint density at radius 3 is 2.47 bits per heavy atom. The molecule has 0 radical (unpaired) electrons. The highest BCUT2D eigenvalue weighted by atomic mass is 35.5. The molecule has 0 bridgehead atoms. The predicted molar refractivity (Wildman–Crippen MR) is 76.2 cm³/mol. The molecule has 106 valence electrons. The van der Waals surface area contributed by atoms with Gasteiger partial charge in [0.25, 0.3) is 0 Å². The lowest BCUT2D eigenvalue weighted by atomic mass is 10.2. The smallest absolute Gasteiger partial charge is 0.321 e. The number of thioether (sulfide) groups is 1. The molecule has 0 heterocycles. The summed E-state index contributed by atoms with van der Waals surface area (Å²) in [5.41, 5.74) is 0. The largest absolute Gasteiger partial charge is 0.480 e. The van der Waals surface area contributed by atoms with Gasteiger partial charge in [-0.05, 0) is 42.7 Å². The first-order valence-corrected chi connectivity index (χ1v) is 8.62. The molecule has 1 aromatic carbocycles. The fourth-order valence-corrected chi connectivity index (χ4v) is 3.16. The van der Waals surface area contributed by atoms with E-state index in [0.717, 1.165) is 0 Å². The van der Waals surface area contributed by atoms with Crippen LogP contribution in [0.1, 0.15) is 6.42 Å². The van der Waals surface area contributed by atoms with Crippen LogP contribution in [-0.4, -0.2) is 37.5 Å². The van der Waals surface area contributed by atoms with Gasteiger partial charge in [-0.2, -0.15) is 16.5 Å². The maximum atomic E-state index is 12.0.